The molecule has 1 atom stereocenters. The van der Waals surface area contributed by atoms with E-state index >= 15 is 0 Å². The van der Waals surface area contributed by atoms with Gasteiger partial charge in [0, 0.05) is 18.0 Å². The van der Waals surface area contributed by atoms with E-state index in [-0.39, 0.29) is 0 Å². The highest BCUT2D eigenvalue weighted by molar-refractivity contribution is 7.91. The average Bonchev–Trinajstić information content (AvgIpc) is 2.86. The van der Waals surface area contributed by atoms with Crippen LogP contribution in [0.5, 0.6) is 0 Å². The first kappa shape index (κ1) is 14.0. The summed E-state index contributed by atoms with van der Waals surface area (Å²) in [5.41, 5.74) is 0.870. The van der Waals surface area contributed by atoms with E-state index in [1.165, 1.54) is 11.3 Å². The molecule has 1 unspecified atom stereocenters. The van der Waals surface area contributed by atoms with Crippen LogP contribution in [0.15, 0.2) is 10.3 Å². The van der Waals surface area contributed by atoms with E-state index in [1.54, 1.807) is 4.31 Å². The Morgan fingerprint density at radius 3 is 2.78 bits per heavy atom. The van der Waals surface area contributed by atoms with Gasteiger partial charge in [-0.05, 0) is 51.4 Å². The van der Waals surface area contributed by atoms with Crippen LogP contribution in [0.1, 0.15) is 16.9 Å². The second-order valence-electron chi connectivity index (χ2n) is 4.90. The third kappa shape index (κ3) is 2.61. The molecule has 1 N–H and O–H groups in total. The molecule has 6 heteroatoms. The molecule has 1 fully saturated rings. The number of hydrogen-bond donors (Lipinski definition) is 1. The number of nitrogens with zero attached hydrogens (tertiary/aromatic N) is 1. The van der Waals surface area contributed by atoms with Crippen molar-refractivity contribution in [1.82, 2.24) is 9.62 Å². The lowest BCUT2D eigenvalue weighted by atomic mass is 10.1. The predicted octanol–water partition coefficient (Wildman–Crippen LogP) is 1.59. The number of hydrogen-bond acceptors (Lipinski definition) is 4. The number of thiophene rings is 1. The van der Waals surface area contributed by atoms with Crippen LogP contribution in [0, 0.1) is 19.8 Å². The summed E-state index contributed by atoms with van der Waals surface area (Å²) in [6.07, 6.45) is 0.948. The van der Waals surface area contributed by atoms with Crippen molar-refractivity contribution < 1.29 is 8.42 Å². The summed E-state index contributed by atoms with van der Waals surface area (Å²) < 4.78 is 27.2. The summed E-state index contributed by atoms with van der Waals surface area (Å²) in [5, 5.41) is 3.12. The second kappa shape index (κ2) is 5.28. The Kier molecular flexibility index (Phi) is 4.11. The zero-order chi connectivity index (χ0) is 13.3. The maximum atomic E-state index is 12.5. The molecule has 1 aliphatic rings. The first-order chi connectivity index (χ1) is 8.45. The van der Waals surface area contributed by atoms with Crippen LogP contribution in [0.25, 0.3) is 0 Å². The molecule has 0 amide bonds. The monoisotopic (exact) mass is 288 g/mol. The largest absolute Gasteiger partial charge is 0.319 e. The van der Waals surface area contributed by atoms with Gasteiger partial charge in [0.2, 0.25) is 0 Å². The van der Waals surface area contributed by atoms with Crippen molar-refractivity contribution in [3.05, 3.63) is 16.5 Å². The molecule has 0 spiro atoms. The highest BCUT2D eigenvalue weighted by atomic mass is 32.2. The van der Waals surface area contributed by atoms with Crippen molar-refractivity contribution in [3.63, 3.8) is 0 Å². The average molecular weight is 288 g/mol. The lowest BCUT2D eigenvalue weighted by molar-refractivity contribution is 0.452. The standard InChI is InChI=1S/C12H20N2O2S2/c1-9-6-10(2)17-12(9)18(15,16)14-5-4-11(8-14)7-13-3/h6,11,13H,4-5,7-8H2,1-3H3. The molecule has 18 heavy (non-hydrogen) atoms. The Labute approximate surface area is 113 Å². The summed E-state index contributed by atoms with van der Waals surface area (Å²) >= 11 is 1.38. The molecule has 0 bridgehead atoms. The SMILES string of the molecule is CNCC1CCN(S(=O)(=O)c2sc(C)cc2C)C1. The van der Waals surface area contributed by atoms with Crippen LogP contribution >= 0.6 is 11.3 Å². The fraction of sp³-hybridized carbons (Fsp3) is 0.667. The quantitative estimate of drug-likeness (QED) is 0.915. The zero-order valence-corrected chi connectivity index (χ0v) is 12.7. The minimum Gasteiger partial charge on any atom is -0.319 e. The van der Waals surface area contributed by atoms with Crippen LogP contribution < -0.4 is 5.32 Å². The molecule has 2 rings (SSSR count). The van der Waals surface area contributed by atoms with Gasteiger partial charge in [0.15, 0.2) is 0 Å². The highest BCUT2D eigenvalue weighted by Gasteiger charge is 2.33. The normalized spacial score (nSPS) is 21.6. The maximum absolute atomic E-state index is 12.5. The van der Waals surface area contributed by atoms with Gasteiger partial charge < -0.3 is 5.32 Å². The number of aryl methyl sites for hydroxylation is 2. The topological polar surface area (TPSA) is 49.4 Å². The smallest absolute Gasteiger partial charge is 0.252 e. The number of rotatable bonds is 4. The molecule has 4 nitrogen and oxygen atoms in total. The van der Waals surface area contributed by atoms with Gasteiger partial charge in [0.05, 0.1) is 0 Å². The molecule has 1 aromatic rings. The summed E-state index contributed by atoms with van der Waals surface area (Å²) in [6.45, 7) is 5.99. The van der Waals surface area contributed by atoms with Crippen molar-refractivity contribution in [2.45, 2.75) is 24.5 Å². The number of sulfonamides is 1. The summed E-state index contributed by atoms with van der Waals surface area (Å²) in [7, 11) is -1.37. The van der Waals surface area contributed by atoms with E-state index in [9.17, 15) is 8.42 Å². The third-order valence-electron chi connectivity index (χ3n) is 3.31. The lowest BCUT2D eigenvalue weighted by Crippen LogP contribution is -2.30. The number of nitrogens with one attached hydrogen (secondary N) is 1. The fourth-order valence-corrected chi connectivity index (χ4v) is 5.80. The van der Waals surface area contributed by atoms with Crippen molar-refractivity contribution in [3.8, 4) is 0 Å². The van der Waals surface area contributed by atoms with E-state index in [0.717, 1.165) is 23.4 Å². The molecule has 0 saturated carbocycles. The van der Waals surface area contributed by atoms with Crippen LogP contribution in [-0.4, -0.2) is 39.4 Å². The minimum absolute atomic E-state index is 0.436. The van der Waals surface area contributed by atoms with Gasteiger partial charge in [-0.25, -0.2) is 8.42 Å². The Hall–Kier alpha value is -0.430. The zero-order valence-electron chi connectivity index (χ0n) is 11.1. The van der Waals surface area contributed by atoms with E-state index in [0.29, 0.717) is 23.2 Å². The summed E-state index contributed by atoms with van der Waals surface area (Å²) in [4.78, 5) is 1.05. The van der Waals surface area contributed by atoms with E-state index < -0.39 is 10.0 Å². The van der Waals surface area contributed by atoms with Crippen molar-refractivity contribution in [2.75, 3.05) is 26.7 Å². The molecule has 1 aliphatic heterocycles. The minimum atomic E-state index is -3.28. The van der Waals surface area contributed by atoms with Gasteiger partial charge in [0.25, 0.3) is 10.0 Å². The molecule has 2 heterocycles. The van der Waals surface area contributed by atoms with E-state index in [1.807, 2.05) is 27.0 Å². The van der Waals surface area contributed by atoms with Gasteiger partial charge in [-0.1, -0.05) is 0 Å². The van der Waals surface area contributed by atoms with E-state index in [4.69, 9.17) is 0 Å². The van der Waals surface area contributed by atoms with Gasteiger partial charge >= 0.3 is 0 Å². The van der Waals surface area contributed by atoms with Crippen LogP contribution in [0.4, 0.5) is 0 Å². The molecular formula is C12H20N2O2S2. The first-order valence-corrected chi connectivity index (χ1v) is 8.42. The molecule has 0 aromatic carbocycles. The first-order valence-electron chi connectivity index (χ1n) is 6.17. The Balaban J connectivity index is 2.20. The lowest BCUT2D eigenvalue weighted by Gasteiger charge is -2.16. The van der Waals surface area contributed by atoms with Crippen LogP contribution in [0.2, 0.25) is 0 Å². The van der Waals surface area contributed by atoms with Crippen molar-refractivity contribution in [1.29, 1.82) is 0 Å². The van der Waals surface area contributed by atoms with E-state index in [2.05, 4.69) is 5.32 Å². The molecule has 0 radical (unpaired) electrons. The van der Waals surface area contributed by atoms with Gasteiger partial charge in [-0.2, -0.15) is 4.31 Å². The fourth-order valence-electron chi connectivity index (χ4n) is 2.46. The molecule has 1 saturated heterocycles. The highest BCUT2D eigenvalue weighted by Crippen LogP contribution is 2.31. The Morgan fingerprint density at radius 2 is 2.22 bits per heavy atom. The molecule has 1 aromatic heterocycles. The van der Waals surface area contributed by atoms with Gasteiger partial charge in [-0.15, -0.1) is 11.3 Å². The van der Waals surface area contributed by atoms with Crippen molar-refractivity contribution >= 4 is 21.4 Å². The third-order valence-corrected chi connectivity index (χ3v) is 6.94. The van der Waals surface area contributed by atoms with Crippen molar-refractivity contribution in [2.24, 2.45) is 5.92 Å². The van der Waals surface area contributed by atoms with Crippen LogP contribution in [-0.2, 0) is 10.0 Å². The van der Waals surface area contributed by atoms with Gasteiger partial charge in [-0.3, -0.25) is 0 Å². The van der Waals surface area contributed by atoms with Crippen LogP contribution in [0.3, 0.4) is 0 Å². The molecule has 102 valence electrons. The molecule has 0 aliphatic carbocycles. The maximum Gasteiger partial charge on any atom is 0.252 e. The Bertz CT molecular complexity index is 522. The predicted molar refractivity (Wildman–Crippen MR) is 74.6 cm³/mol. The Morgan fingerprint density at radius 1 is 1.50 bits per heavy atom. The molecular weight excluding hydrogens is 268 g/mol. The second-order valence-corrected chi connectivity index (χ2v) is 8.29. The summed E-state index contributed by atoms with van der Waals surface area (Å²) in [5.74, 6) is 0.436. The van der Waals surface area contributed by atoms with Gasteiger partial charge in [0.1, 0.15) is 4.21 Å². The summed E-state index contributed by atoms with van der Waals surface area (Å²) in [6, 6.07) is 1.94.